The van der Waals surface area contributed by atoms with E-state index in [2.05, 4.69) is 10.2 Å². The molecule has 0 aliphatic rings. The van der Waals surface area contributed by atoms with Crippen molar-refractivity contribution in [1.82, 2.24) is 14.8 Å². The molecule has 0 saturated heterocycles. The predicted molar refractivity (Wildman–Crippen MR) is 47.0 cm³/mol. The summed E-state index contributed by atoms with van der Waals surface area (Å²) in [6.07, 6.45) is 1.82. The molecule has 74 valence electrons. The second-order valence-electron chi connectivity index (χ2n) is 3.02. The van der Waals surface area contributed by atoms with E-state index in [4.69, 9.17) is 9.84 Å². The summed E-state index contributed by atoms with van der Waals surface area (Å²) in [5.74, 6) is 0.576. The topological polar surface area (TPSA) is 60.2 Å². The molecule has 0 aliphatic heterocycles. The molecule has 0 saturated carbocycles. The predicted octanol–water partition coefficient (Wildman–Crippen LogP) is 0.195. The van der Waals surface area contributed by atoms with Crippen molar-refractivity contribution in [1.29, 1.82) is 0 Å². The molecule has 1 rings (SSSR count). The van der Waals surface area contributed by atoms with Gasteiger partial charge in [0.15, 0.2) is 5.82 Å². The van der Waals surface area contributed by atoms with E-state index < -0.39 is 0 Å². The van der Waals surface area contributed by atoms with Crippen molar-refractivity contribution in [3.63, 3.8) is 0 Å². The molecule has 5 nitrogen and oxygen atoms in total. The minimum Gasteiger partial charge on any atom is -0.388 e. The highest BCUT2D eigenvalue weighted by atomic mass is 16.5. The Morgan fingerprint density at radius 2 is 2.38 bits per heavy atom. The van der Waals surface area contributed by atoms with Crippen LogP contribution in [0.4, 0.5) is 0 Å². The van der Waals surface area contributed by atoms with Crippen molar-refractivity contribution >= 4 is 0 Å². The van der Waals surface area contributed by atoms with Gasteiger partial charge in [-0.1, -0.05) is 0 Å². The summed E-state index contributed by atoms with van der Waals surface area (Å²) in [6.45, 7) is 5.18. The number of nitrogens with zero attached hydrogens (tertiary/aromatic N) is 3. The second kappa shape index (κ2) is 4.94. The van der Waals surface area contributed by atoms with Crippen molar-refractivity contribution < 1.29 is 9.84 Å². The minimum atomic E-state index is -0.0817. The molecule has 0 radical (unpaired) electrons. The summed E-state index contributed by atoms with van der Waals surface area (Å²) in [6, 6.07) is 0. The molecule has 1 heterocycles. The molecule has 1 N–H and O–H groups in total. The molecule has 0 bridgehead atoms. The number of aromatic nitrogens is 3. The highest BCUT2D eigenvalue weighted by Crippen LogP contribution is 1.96. The fourth-order valence-corrected chi connectivity index (χ4v) is 0.975. The number of aliphatic hydroxyl groups is 1. The van der Waals surface area contributed by atoms with Crippen LogP contribution in [-0.2, 0) is 17.9 Å². The third-order valence-electron chi connectivity index (χ3n) is 1.62. The van der Waals surface area contributed by atoms with Crippen molar-refractivity contribution in [2.24, 2.45) is 0 Å². The summed E-state index contributed by atoms with van der Waals surface area (Å²) in [7, 11) is 0. The lowest BCUT2D eigenvalue weighted by Gasteiger charge is -2.08. The van der Waals surface area contributed by atoms with Gasteiger partial charge in [-0.2, -0.15) is 0 Å². The van der Waals surface area contributed by atoms with E-state index in [0.717, 1.165) is 0 Å². The van der Waals surface area contributed by atoms with Crippen LogP contribution in [0, 0.1) is 0 Å². The van der Waals surface area contributed by atoms with Crippen LogP contribution >= 0.6 is 0 Å². The van der Waals surface area contributed by atoms with Gasteiger partial charge in [-0.3, -0.25) is 0 Å². The van der Waals surface area contributed by atoms with Crippen LogP contribution in [0.15, 0.2) is 6.33 Å². The standard InChI is InChI=1S/C8H15N3O2/c1-7(2)13-4-3-11-6-9-10-8(11)5-12/h6-7,12H,3-5H2,1-2H3. The van der Waals surface area contributed by atoms with E-state index >= 15 is 0 Å². The summed E-state index contributed by atoms with van der Waals surface area (Å²) < 4.78 is 7.14. The normalized spacial score (nSPS) is 11.1. The van der Waals surface area contributed by atoms with Crippen LogP contribution in [0.25, 0.3) is 0 Å². The number of rotatable bonds is 5. The minimum absolute atomic E-state index is 0.0817. The van der Waals surface area contributed by atoms with Crippen LogP contribution in [0.2, 0.25) is 0 Å². The zero-order chi connectivity index (χ0) is 9.68. The molecule has 1 aromatic heterocycles. The Bertz CT molecular complexity index is 247. The van der Waals surface area contributed by atoms with Gasteiger partial charge in [0.1, 0.15) is 12.9 Å². The molecule has 5 heteroatoms. The molecule has 0 atom stereocenters. The van der Waals surface area contributed by atoms with Crippen molar-refractivity contribution in [3.05, 3.63) is 12.2 Å². The van der Waals surface area contributed by atoms with Crippen LogP contribution in [-0.4, -0.2) is 32.6 Å². The van der Waals surface area contributed by atoms with Crippen LogP contribution in [0.1, 0.15) is 19.7 Å². The number of hydrogen-bond donors (Lipinski definition) is 1. The van der Waals surface area contributed by atoms with Gasteiger partial charge in [-0.05, 0) is 13.8 Å². The largest absolute Gasteiger partial charge is 0.388 e. The fraction of sp³-hybridized carbons (Fsp3) is 0.750. The fourth-order valence-electron chi connectivity index (χ4n) is 0.975. The number of ether oxygens (including phenoxy) is 1. The molecule has 0 spiro atoms. The van der Waals surface area contributed by atoms with Crippen LogP contribution in [0.3, 0.4) is 0 Å². The molecule has 0 unspecified atom stereocenters. The lowest BCUT2D eigenvalue weighted by molar-refractivity contribution is 0.0716. The van der Waals surface area contributed by atoms with E-state index in [1.54, 1.807) is 10.9 Å². The smallest absolute Gasteiger partial charge is 0.158 e. The molecule has 13 heavy (non-hydrogen) atoms. The average Bonchev–Trinajstić information content (AvgIpc) is 2.51. The Kier molecular flexibility index (Phi) is 3.85. The quantitative estimate of drug-likeness (QED) is 0.711. The van der Waals surface area contributed by atoms with Gasteiger partial charge in [0.25, 0.3) is 0 Å². The van der Waals surface area contributed by atoms with Crippen molar-refractivity contribution in [2.45, 2.75) is 33.1 Å². The SMILES string of the molecule is CC(C)OCCn1cnnc1CO. The van der Waals surface area contributed by atoms with Crippen molar-refractivity contribution in [3.8, 4) is 0 Å². The van der Waals surface area contributed by atoms with E-state index in [0.29, 0.717) is 19.0 Å². The Labute approximate surface area is 77.4 Å². The third-order valence-corrected chi connectivity index (χ3v) is 1.62. The molecule has 1 aromatic rings. The molecule has 0 fully saturated rings. The van der Waals surface area contributed by atoms with Gasteiger partial charge in [0, 0.05) is 6.54 Å². The molecule has 0 aromatic carbocycles. The first kappa shape index (κ1) is 10.1. The summed E-state index contributed by atoms with van der Waals surface area (Å²) in [5, 5.41) is 16.3. The Balaban J connectivity index is 2.36. The van der Waals surface area contributed by atoms with Gasteiger partial charge in [0.2, 0.25) is 0 Å². The first-order valence-corrected chi connectivity index (χ1v) is 4.33. The maximum absolute atomic E-state index is 8.85. The molecular weight excluding hydrogens is 170 g/mol. The maximum Gasteiger partial charge on any atom is 0.158 e. The zero-order valence-electron chi connectivity index (χ0n) is 7.97. The van der Waals surface area contributed by atoms with Crippen LogP contribution < -0.4 is 0 Å². The Hall–Kier alpha value is -0.940. The molecular formula is C8H15N3O2. The third kappa shape index (κ3) is 3.12. The first-order valence-electron chi connectivity index (χ1n) is 4.33. The Morgan fingerprint density at radius 1 is 1.62 bits per heavy atom. The zero-order valence-corrected chi connectivity index (χ0v) is 7.97. The highest BCUT2D eigenvalue weighted by molar-refractivity contribution is 4.81. The van der Waals surface area contributed by atoms with E-state index in [-0.39, 0.29) is 12.7 Å². The van der Waals surface area contributed by atoms with E-state index in [9.17, 15) is 0 Å². The highest BCUT2D eigenvalue weighted by Gasteiger charge is 2.01. The van der Waals surface area contributed by atoms with Gasteiger partial charge >= 0.3 is 0 Å². The van der Waals surface area contributed by atoms with Gasteiger partial charge < -0.3 is 14.4 Å². The number of aliphatic hydroxyl groups excluding tert-OH is 1. The maximum atomic E-state index is 8.85. The van der Waals surface area contributed by atoms with Gasteiger partial charge in [-0.25, -0.2) is 0 Å². The van der Waals surface area contributed by atoms with Crippen molar-refractivity contribution in [2.75, 3.05) is 6.61 Å². The first-order chi connectivity index (χ1) is 6.24. The Morgan fingerprint density at radius 3 is 3.00 bits per heavy atom. The molecule has 0 aliphatic carbocycles. The van der Waals surface area contributed by atoms with Crippen LogP contribution in [0.5, 0.6) is 0 Å². The van der Waals surface area contributed by atoms with Gasteiger partial charge in [-0.15, -0.1) is 10.2 Å². The lowest BCUT2D eigenvalue weighted by Crippen LogP contribution is -2.12. The molecule has 0 amide bonds. The van der Waals surface area contributed by atoms with E-state index in [1.807, 2.05) is 13.8 Å². The second-order valence-corrected chi connectivity index (χ2v) is 3.02. The lowest BCUT2D eigenvalue weighted by atomic mass is 10.5. The van der Waals surface area contributed by atoms with E-state index in [1.165, 1.54) is 0 Å². The summed E-state index contributed by atoms with van der Waals surface area (Å²) >= 11 is 0. The average molecular weight is 185 g/mol. The summed E-state index contributed by atoms with van der Waals surface area (Å²) in [5.41, 5.74) is 0. The number of hydrogen-bond acceptors (Lipinski definition) is 4. The summed E-state index contributed by atoms with van der Waals surface area (Å²) in [4.78, 5) is 0. The van der Waals surface area contributed by atoms with Gasteiger partial charge in [0.05, 0.1) is 12.7 Å². The monoisotopic (exact) mass is 185 g/mol.